The Labute approximate surface area is 222 Å². The molecule has 0 aliphatic carbocycles. The van der Waals surface area contributed by atoms with Crippen molar-refractivity contribution in [2.24, 2.45) is 10.2 Å². The molecule has 0 saturated heterocycles. The fourth-order valence-corrected chi connectivity index (χ4v) is 4.93. The zero-order valence-electron chi connectivity index (χ0n) is 21.1. The van der Waals surface area contributed by atoms with Crippen LogP contribution in [0.5, 0.6) is 0 Å². The van der Waals surface area contributed by atoms with Gasteiger partial charge in [0.15, 0.2) is 0 Å². The van der Waals surface area contributed by atoms with Crippen LogP contribution in [-0.4, -0.2) is 63.0 Å². The van der Waals surface area contributed by atoms with E-state index in [1.807, 2.05) is 6.92 Å². The van der Waals surface area contributed by atoms with Crippen molar-refractivity contribution in [3.05, 3.63) is 22.7 Å². The van der Waals surface area contributed by atoms with Gasteiger partial charge < -0.3 is 14.4 Å². The van der Waals surface area contributed by atoms with Gasteiger partial charge in [0.25, 0.3) is 5.13 Å². The molecule has 2 heterocycles. The van der Waals surface area contributed by atoms with Gasteiger partial charge >= 0.3 is 21.5 Å². The smallest absolute Gasteiger partial charge is 0.458 e. The number of benzene rings is 1. The largest absolute Gasteiger partial charge is 0.516 e. The van der Waals surface area contributed by atoms with Gasteiger partial charge in [0.1, 0.15) is 12.3 Å². The number of ether oxygens (including phenoxy) is 2. The average molecular weight is 579 g/mol. The number of fused-ring (bicyclic) bond motifs is 1. The quantitative estimate of drug-likeness (QED) is 0.202. The van der Waals surface area contributed by atoms with Crippen LogP contribution in [0, 0.1) is 0 Å². The van der Waals surface area contributed by atoms with Crippen LogP contribution in [0.2, 0.25) is 0 Å². The van der Waals surface area contributed by atoms with Crippen molar-refractivity contribution in [2.75, 3.05) is 36.5 Å². The third-order valence-corrected chi connectivity index (χ3v) is 7.66. The molecule has 210 valence electrons. The molecule has 1 aromatic carbocycles. The number of azo groups is 1. The molecule has 16 heteroatoms. The number of aryl methyl sites for hydroxylation is 1. The van der Waals surface area contributed by atoms with Gasteiger partial charge in [0.2, 0.25) is 5.01 Å². The number of methoxy groups -OCH3 is 1. The monoisotopic (exact) mass is 578 g/mol. The second kappa shape index (κ2) is 12.8. The standard InChI is InChI=1S/C22H29F3N6O5S2/c1-4-5-6-9-31-14(2)7-8-15-12-16(17(13-18(15)31)30-38(33,34)22(23,24)25)26-28-21-29-27-19(37-21)20(32)36-11-10-35-3/h12-14,30H,4-11H2,1-3H3. The number of esters is 1. The molecule has 1 unspecified atom stereocenters. The molecule has 0 radical (unpaired) electrons. The van der Waals surface area contributed by atoms with E-state index in [2.05, 4.69) is 32.2 Å². The van der Waals surface area contributed by atoms with Gasteiger partial charge in [-0.2, -0.15) is 21.6 Å². The molecular weight excluding hydrogens is 549 g/mol. The minimum Gasteiger partial charge on any atom is -0.458 e. The molecule has 11 nitrogen and oxygen atoms in total. The topological polar surface area (TPSA) is 135 Å². The second-order valence-electron chi connectivity index (χ2n) is 8.56. The van der Waals surface area contributed by atoms with E-state index in [1.165, 1.54) is 19.2 Å². The first-order valence-electron chi connectivity index (χ1n) is 11.9. The molecule has 1 atom stereocenters. The van der Waals surface area contributed by atoms with Gasteiger partial charge in [-0.1, -0.05) is 31.1 Å². The summed E-state index contributed by atoms with van der Waals surface area (Å²) in [4.78, 5) is 14.1. The van der Waals surface area contributed by atoms with Gasteiger partial charge in [-0.3, -0.25) is 4.72 Å². The highest BCUT2D eigenvalue weighted by molar-refractivity contribution is 7.93. The maximum Gasteiger partial charge on any atom is 0.516 e. The zero-order valence-corrected chi connectivity index (χ0v) is 22.7. The number of unbranched alkanes of at least 4 members (excludes halogenated alkanes) is 2. The Bertz CT molecular complexity index is 1250. The Morgan fingerprint density at radius 1 is 1.24 bits per heavy atom. The molecule has 3 rings (SSSR count). The molecule has 1 aromatic heterocycles. The highest BCUT2D eigenvalue weighted by atomic mass is 32.2. The number of hydrogen-bond donors (Lipinski definition) is 1. The lowest BCUT2D eigenvalue weighted by Crippen LogP contribution is -2.38. The summed E-state index contributed by atoms with van der Waals surface area (Å²) >= 11 is 0.757. The highest BCUT2D eigenvalue weighted by Gasteiger charge is 2.46. The van der Waals surface area contributed by atoms with Crippen LogP contribution in [0.15, 0.2) is 22.4 Å². The van der Waals surface area contributed by atoms with Gasteiger partial charge in [0, 0.05) is 25.4 Å². The highest BCUT2D eigenvalue weighted by Crippen LogP contribution is 2.41. The fourth-order valence-electron chi connectivity index (χ4n) is 3.80. The Morgan fingerprint density at radius 3 is 2.68 bits per heavy atom. The van der Waals surface area contributed by atoms with E-state index in [9.17, 15) is 26.4 Å². The Hall–Kier alpha value is -2.85. The maximum atomic E-state index is 13.2. The van der Waals surface area contributed by atoms with E-state index >= 15 is 0 Å². The summed E-state index contributed by atoms with van der Waals surface area (Å²) in [6, 6.07) is 3.02. The molecule has 1 aliphatic heterocycles. The molecular formula is C22H29F3N6O5S2. The lowest BCUT2D eigenvalue weighted by Gasteiger charge is -2.37. The number of alkyl halides is 3. The lowest BCUT2D eigenvalue weighted by atomic mass is 9.95. The Morgan fingerprint density at radius 2 is 2.00 bits per heavy atom. The zero-order chi connectivity index (χ0) is 27.9. The maximum absolute atomic E-state index is 13.2. The van der Waals surface area contributed by atoms with Crippen LogP contribution in [0.25, 0.3) is 0 Å². The molecule has 1 aliphatic rings. The van der Waals surface area contributed by atoms with Crippen molar-refractivity contribution in [2.45, 2.75) is 57.5 Å². The molecule has 0 saturated carbocycles. The van der Waals surface area contributed by atoms with Gasteiger partial charge in [0.05, 0.1) is 12.3 Å². The fraction of sp³-hybridized carbons (Fsp3) is 0.591. The second-order valence-corrected chi connectivity index (χ2v) is 11.2. The summed E-state index contributed by atoms with van der Waals surface area (Å²) in [6.45, 7) is 4.98. The first-order chi connectivity index (χ1) is 18.0. The summed E-state index contributed by atoms with van der Waals surface area (Å²) in [5, 5.41) is 15.1. The van der Waals surface area contributed by atoms with Crippen molar-refractivity contribution >= 4 is 49.5 Å². The number of carbonyl (C=O) groups excluding carboxylic acids is 1. The van der Waals surface area contributed by atoms with E-state index in [0.717, 1.165) is 42.6 Å². The lowest BCUT2D eigenvalue weighted by molar-refractivity contribution is -0.0429. The summed E-state index contributed by atoms with van der Waals surface area (Å²) in [5.41, 5.74) is -4.57. The predicted molar refractivity (Wildman–Crippen MR) is 136 cm³/mol. The summed E-state index contributed by atoms with van der Waals surface area (Å²) < 4.78 is 74.9. The first kappa shape index (κ1) is 29.7. The molecule has 1 N–H and O–H groups in total. The van der Waals surface area contributed by atoms with Gasteiger partial charge in [-0.05, 0) is 43.9 Å². The average Bonchev–Trinajstić information content (AvgIpc) is 3.33. The Kier molecular flexibility index (Phi) is 10.0. The summed E-state index contributed by atoms with van der Waals surface area (Å²) in [5.74, 6) is -0.745. The van der Waals surface area contributed by atoms with E-state index in [4.69, 9.17) is 9.47 Å². The van der Waals surface area contributed by atoms with E-state index in [1.54, 1.807) is 4.72 Å². The van der Waals surface area contributed by atoms with Crippen LogP contribution in [-0.2, 0) is 25.9 Å². The molecule has 2 aromatic rings. The molecule has 0 bridgehead atoms. The number of carbonyl (C=O) groups is 1. The van der Waals surface area contributed by atoms with E-state index in [-0.39, 0.29) is 40.8 Å². The number of rotatable bonds is 12. The number of sulfonamides is 1. The molecule has 38 heavy (non-hydrogen) atoms. The van der Waals surface area contributed by atoms with Crippen LogP contribution in [0.1, 0.15) is 54.9 Å². The van der Waals surface area contributed by atoms with Crippen molar-refractivity contribution in [1.82, 2.24) is 10.2 Å². The van der Waals surface area contributed by atoms with Crippen LogP contribution in [0.4, 0.5) is 35.4 Å². The third-order valence-electron chi connectivity index (χ3n) is 5.77. The molecule has 0 spiro atoms. The van der Waals surface area contributed by atoms with Crippen molar-refractivity contribution in [3.63, 3.8) is 0 Å². The van der Waals surface area contributed by atoms with Crippen molar-refractivity contribution in [1.29, 1.82) is 0 Å². The first-order valence-corrected chi connectivity index (χ1v) is 14.2. The summed E-state index contributed by atoms with van der Waals surface area (Å²) in [6.07, 6.45) is 4.32. The van der Waals surface area contributed by atoms with Gasteiger partial charge in [-0.15, -0.1) is 20.4 Å². The SMILES string of the molecule is CCCCCN1c2cc(NS(=O)(=O)C(F)(F)F)c(N=Nc3nnc(C(=O)OCCOC)s3)cc2CCC1C. The predicted octanol–water partition coefficient (Wildman–Crippen LogP) is 5.35. The van der Waals surface area contributed by atoms with Crippen LogP contribution < -0.4 is 9.62 Å². The van der Waals surface area contributed by atoms with E-state index < -0.39 is 21.5 Å². The van der Waals surface area contributed by atoms with Gasteiger partial charge in [-0.25, -0.2) is 4.79 Å². The number of nitrogens with one attached hydrogen (secondary N) is 1. The molecule has 0 fully saturated rings. The Balaban J connectivity index is 1.95. The number of nitrogens with zero attached hydrogens (tertiary/aromatic N) is 5. The van der Waals surface area contributed by atoms with Crippen LogP contribution >= 0.6 is 11.3 Å². The number of hydrogen-bond acceptors (Lipinski definition) is 11. The van der Waals surface area contributed by atoms with Crippen molar-refractivity contribution < 1.29 is 35.9 Å². The number of halogens is 3. The van der Waals surface area contributed by atoms with Crippen molar-refractivity contribution in [3.8, 4) is 0 Å². The normalized spacial score (nSPS) is 16.1. The number of anilines is 2. The minimum absolute atomic E-state index is 0.0116. The molecule has 0 amide bonds. The minimum atomic E-state index is -5.72. The third kappa shape index (κ3) is 7.38. The number of aromatic nitrogens is 2. The summed E-state index contributed by atoms with van der Waals surface area (Å²) in [7, 11) is -4.27. The van der Waals surface area contributed by atoms with Crippen LogP contribution in [0.3, 0.4) is 0 Å². The van der Waals surface area contributed by atoms with E-state index in [0.29, 0.717) is 18.7 Å².